The Morgan fingerprint density at radius 1 is 1.18 bits per heavy atom. The van der Waals surface area contributed by atoms with Crippen LogP contribution in [0, 0.1) is 11.7 Å². The lowest BCUT2D eigenvalue weighted by molar-refractivity contribution is 0.496. The van der Waals surface area contributed by atoms with Crippen LogP contribution >= 0.6 is 0 Å². The first-order valence-corrected chi connectivity index (χ1v) is 6.68. The van der Waals surface area contributed by atoms with Crippen molar-refractivity contribution in [1.29, 1.82) is 0 Å². The van der Waals surface area contributed by atoms with Crippen molar-refractivity contribution in [1.82, 2.24) is 0 Å². The second-order valence-electron chi connectivity index (χ2n) is 5.07. The Balaban J connectivity index is 1.97. The standard InChI is InChI=1S/C16H21F/c1-3-4-5-6-14-11-16(12(14)2)13-7-9-15(17)10-8-13/h7-10,14H,3-6,11H2,1-2H3. The molecular weight excluding hydrogens is 211 g/mol. The van der Waals surface area contributed by atoms with Crippen LogP contribution < -0.4 is 0 Å². The minimum Gasteiger partial charge on any atom is -0.207 e. The van der Waals surface area contributed by atoms with Gasteiger partial charge in [0.05, 0.1) is 0 Å². The molecule has 0 radical (unpaired) electrons. The molecule has 2 rings (SSSR count). The average Bonchev–Trinajstić information content (AvgIpc) is 2.34. The second kappa shape index (κ2) is 5.48. The summed E-state index contributed by atoms with van der Waals surface area (Å²) >= 11 is 0. The molecule has 0 spiro atoms. The fourth-order valence-corrected chi connectivity index (χ4v) is 2.63. The fraction of sp³-hybridized carbons (Fsp3) is 0.500. The number of rotatable bonds is 5. The van der Waals surface area contributed by atoms with Crippen molar-refractivity contribution in [2.24, 2.45) is 5.92 Å². The summed E-state index contributed by atoms with van der Waals surface area (Å²) in [5.41, 5.74) is 4.16. The first kappa shape index (κ1) is 12.3. The Morgan fingerprint density at radius 3 is 2.47 bits per heavy atom. The summed E-state index contributed by atoms with van der Waals surface area (Å²) in [5, 5.41) is 0. The summed E-state index contributed by atoms with van der Waals surface area (Å²) in [7, 11) is 0. The van der Waals surface area contributed by atoms with Crippen LogP contribution in [-0.4, -0.2) is 0 Å². The molecule has 0 N–H and O–H groups in total. The zero-order chi connectivity index (χ0) is 12.3. The van der Waals surface area contributed by atoms with E-state index in [1.54, 1.807) is 12.1 Å². The summed E-state index contributed by atoms with van der Waals surface area (Å²) in [6.45, 7) is 4.48. The zero-order valence-electron chi connectivity index (χ0n) is 10.8. The van der Waals surface area contributed by atoms with Crippen LogP contribution in [0.1, 0.15) is 51.5 Å². The van der Waals surface area contributed by atoms with Gasteiger partial charge in [-0.1, -0.05) is 43.9 Å². The number of allylic oxidation sites excluding steroid dienone is 2. The van der Waals surface area contributed by atoms with Crippen LogP contribution in [0.5, 0.6) is 0 Å². The van der Waals surface area contributed by atoms with E-state index >= 15 is 0 Å². The van der Waals surface area contributed by atoms with E-state index in [2.05, 4.69) is 13.8 Å². The largest absolute Gasteiger partial charge is 0.207 e. The van der Waals surface area contributed by atoms with Gasteiger partial charge in [0.25, 0.3) is 0 Å². The van der Waals surface area contributed by atoms with Crippen molar-refractivity contribution >= 4 is 5.57 Å². The lowest BCUT2D eigenvalue weighted by Gasteiger charge is -2.32. The fourth-order valence-electron chi connectivity index (χ4n) is 2.63. The van der Waals surface area contributed by atoms with E-state index < -0.39 is 0 Å². The van der Waals surface area contributed by atoms with Crippen LogP contribution in [0.2, 0.25) is 0 Å². The molecule has 1 aromatic carbocycles. The summed E-state index contributed by atoms with van der Waals surface area (Å²) in [4.78, 5) is 0. The van der Waals surface area contributed by atoms with Gasteiger partial charge < -0.3 is 0 Å². The Kier molecular flexibility index (Phi) is 3.98. The topological polar surface area (TPSA) is 0 Å². The molecule has 17 heavy (non-hydrogen) atoms. The van der Waals surface area contributed by atoms with Crippen LogP contribution in [0.25, 0.3) is 5.57 Å². The third-order valence-electron chi connectivity index (χ3n) is 3.89. The molecule has 0 bridgehead atoms. The van der Waals surface area contributed by atoms with E-state index in [9.17, 15) is 4.39 Å². The summed E-state index contributed by atoms with van der Waals surface area (Å²) in [6.07, 6.45) is 6.48. The normalized spacial score (nSPS) is 19.4. The van der Waals surface area contributed by atoms with E-state index in [4.69, 9.17) is 0 Å². The van der Waals surface area contributed by atoms with Gasteiger partial charge in [0, 0.05) is 0 Å². The molecule has 1 unspecified atom stereocenters. The highest BCUT2D eigenvalue weighted by atomic mass is 19.1. The molecule has 92 valence electrons. The average molecular weight is 232 g/mol. The van der Waals surface area contributed by atoms with Gasteiger partial charge in [-0.15, -0.1) is 0 Å². The van der Waals surface area contributed by atoms with Gasteiger partial charge in [-0.2, -0.15) is 0 Å². The first-order chi connectivity index (χ1) is 8.22. The number of halogens is 1. The quantitative estimate of drug-likeness (QED) is 0.612. The van der Waals surface area contributed by atoms with Crippen molar-refractivity contribution < 1.29 is 4.39 Å². The maximum atomic E-state index is 12.8. The van der Waals surface area contributed by atoms with Gasteiger partial charge in [0.1, 0.15) is 5.82 Å². The molecule has 1 aliphatic carbocycles. The molecular formula is C16H21F. The van der Waals surface area contributed by atoms with Gasteiger partial charge in [0.15, 0.2) is 0 Å². The third kappa shape index (κ3) is 2.77. The second-order valence-corrected chi connectivity index (χ2v) is 5.07. The molecule has 1 atom stereocenters. The Morgan fingerprint density at radius 2 is 1.88 bits per heavy atom. The maximum absolute atomic E-state index is 12.8. The lowest BCUT2D eigenvalue weighted by Crippen LogP contribution is -2.15. The molecule has 0 fully saturated rings. The molecule has 0 aliphatic heterocycles. The Hall–Kier alpha value is -1.11. The van der Waals surface area contributed by atoms with E-state index in [1.165, 1.54) is 48.8 Å². The third-order valence-corrected chi connectivity index (χ3v) is 3.89. The van der Waals surface area contributed by atoms with Gasteiger partial charge in [-0.25, -0.2) is 4.39 Å². The van der Waals surface area contributed by atoms with Crippen LogP contribution in [0.3, 0.4) is 0 Å². The van der Waals surface area contributed by atoms with E-state index in [0.29, 0.717) is 0 Å². The number of unbranched alkanes of at least 4 members (excludes halogenated alkanes) is 2. The van der Waals surface area contributed by atoms with Crippen LogP contribution in [0.15, 0.2) is 29.8 Å². The molecule has 0 saturated carbocycles. The molecule has 1 aliphatic rings. The Labute approximate surface area is 104 Å². The molecule has 1 aromatic rings. The van der Waals surface area contributed by atoms with Crippen LogP contribution in [-0.2, 0) is 0 Å². The smallest absolute Gasteiger partial charge is 0.123 e. The van der Waals surface area contributed by atoms with Crippen molar-refractivity contribution in [2.75, 3.05) is 0 Å². The van der Waals surface area contributed by atoms with Gasteiger partial charge in [-0.05, 0) is 49.0 Å². The monoisotopic (exact) mass is 232 g/mol. The summed E-state index contributed by atoms with van der Waals surface area (Å²) in [5.74, 6) is 0.632. The van der Waals surface area contributed by atoms with E-state index in [0.717, 1.165) is 5.92 Å². The van der Waals surface area contributed by atoms with Crippen LogP contribution in [0.4, 0.5) is 4.39 Å². The minimum absolute atomic E-state index is 0.147. The maximum Gasteiger partial charge on any atom is 0.123 e. The predicted molar refractivity (Wildman–Crippen MR) is 71.2 cm³/mol. The van der Waals surface area contributed by atoms with Gasteiger partial charge >= 0.3 is 0 Å². The van der Waals surface area contributed by atoms with E-state index in [-0.39, 0.29) is 5.82 Å². The molecule has 0 amide bonds. The van der Waals surface area contributed by atoms with Crippen molar-refractivity contribution in [3.63, 3.8) is 0 Å². The zero-order valence-corrected chi connectivity index (χ0v) is 10.8. The van der Waals surface area contributed by atoms with Crippen molar-refractivity contribution in [3.8, 4) is 0 Å². The molecule has 1 heteroatoms. The lowest BCUT2D eigenvalue weighted by atomic mass is 9.73. The van der Waals surface area contributed by atoms with Crippen molar-refractivity contribution in [2.45, 2.75) is 46.0 Å². The van der Waals surface area contributed by atoms with Gasteiger partial charge in [0.2, 0.25) is 0 Å². The van der Waals surface area contributed by atoms with Crippen molar-refractivity contribution in [3.05, 3.63) is 41.2 Å². The summed E-state index contributed by atoms with van der Waals surface area (Å²) < 4.78 is 12.8. The highest BCUT2D eigenvalue weighted by Gasteiger charge is 2.26. The Bertz CT molecular complexity index is 400. The van der Waals surface area contributed by atoms with E-state index in [1.807, 2.05) is 12.1 Å². The first-order valence-electron chi connectivity index (χ1n) is 6.68. The SMILES string of the molecule is CCCCCC1CC(c2ccc(F)cc2)=C1C. The highest BCUT2D eigenvalue weighted by Crippen LogP contribution is 2.43. The predicted octanol–water partition coefficient (Wildman–Crippen LogP) is 5.20. The molecule has 0 aromatic heterocycles. The number of hydrogen-bond acceptors (Lipinski definition) is 0. The van der Waals surface area contributed by atoms with Gasteiger partial charge in [-0.3, -0.25) is 0 Å². The highest BCUT2D eigenvalue weighted by molar-refractivity contribution is 5.74. The minimum atomic E-state index is -0.147. The number of benzene rings is 1. The molecule has 0 saturated heterocycles. The molecule has 0 heterocycles. The summed E-state index contributed by atoms with van der Waals surface area (Å²) in [6, 6.07) is 6.91. The number of hydrogen-bond donors (Lipinski definition) is 0. The molecule has 0 nitrogen and oxygen atoms in total.